The Balaban J connectivity index is 1.73. The van der Waals surface area contributed by atoms with Crippen LogP contribution in [0.15, 0.2) is 59.5 Å². The number of benzene rings is 2. The minimum absolute atomic E-state index is 0.114. The normalized spacial score (nSPS) is 15.8. The lowest BCUT2D eigenvalue weighted by Gasteiger charge is -2.24. The van der Waals surface area contributed by atoms with Gasteiger partial charge in [-0.3, -0.25) is 14.3 Å². The fraction of sp³-hybridized carbons (Fsp3) is 0.333. The second kappa shape index (κ2) is 9.88. The number of phenolic OH excluding ortho intramolecular Hbond substituents is 1. The van der Waals surface area contributed by atoms with Crippen molar-refractivity contribution in [3.8, 4) is 22.6 Å². The average molecular weight is 483 g/mol. The molecule has 5 rings (SSSR count). The molecule has 3 heterocycles. The molecule has 6 nitrogen and oxygen atoms in total. The van der Waals surface area contributed by atoms with E-state index in [1.165, 1.54) is 24.0 Å². The first-order valence-electron chi connectivity index (χ1n) is 12.6. The summed E-state index contributed by atoms with van der Waals surface area (Å²) in [5.41, 5.74) is 7.42. The van der Waals surface area contributed by atoms with Gasteiger partial charge in [0, 0.05) is 42.7 Å². The molecule has 0 saturated carbocycles. The Hall–Kier alpha value is -3.48. The van der Waals surface area contributed by atoms with Gasteiger partial charge < -0.3 is 15.3 Å². The summed E-state index contributed by atoms with van der Waals surface area (Å²) in [6.45, 7) is 8.72. The maximum Gasteiger partial charge on any atom is 0.265 e. The lowest BCUT2D eigenvalue weighted by molar-refractivity contribution is 0.294. The van der Waals surface area contributed by atoms with Crippen LogP contribution in [0.2, 0.25) is 0 Å². The van der Waals surface area contributed by atoms with Crippen LogP contribution in [0.25, 0.3) is 27.7 Å². The summed E-state index contributed by atoms with van der Waals surface area (Å²) in [7, 11) is 2.12. The van der Waals surface area contributed by atoms with Crippen molar-refractivity contribution in [1.29, 1.82) is 0 Å². The van der Waals surface area contributed by atoms with Crippen molar-refractivity contribution in [2.24, 2.45) is 0 Å². The summed E-state index contributed by atoms with van der Waals surface area (Å²) in [6, 6.07) is 15.8. The maximum absolute atomic E-state index is 14.1. The van der Waals surface area contributed by atoms with Crippen LogP contribution in [0.1, 0.15) is 35.2 Å². The number of aromatic hydroxyl groups is 1. The van der Waals surface area contributed by atoms with E-state index in [9.17, 15) is 9.90 Å². The van der Waals surface area contributed by atoms with Gasteiger partial charge in [0.15, 0.2) is 0 Å². The van der Waals surface area contributed by atoms with Crippen LogP contribution in [0.3, 0.4) is 0 Å². The van der Waals surface area contributed by atoms with Crippen molar-refractivity contribution < 1.29 is 5.11 Å². The maximum atomic E-state index is 14.1. The molecule has 0 spiro atoms. The van der Waals surface area contributed by atoms with Crippen LogP contribution in [-0.2, 0) is 6.54 Å². The molecule has 186 valence electrons. The third-order valence-corrected chi connectivity index (χ3v) is 7.07. The number of nitrogens with zero attached hydrogens (tertiary/aromatic N) is 3. The highest BCUT2D eigenvalue weighted by molar-refractivity contribution is 5.88. The van der Waals surface area contributed by atoms with Gasteiger partial charge in [0.1, 0.15) is 5.75 Å². The van der Waals surface area contributed by atoms with Gasteiger partial charge in [0.25, 0.3) is 5.56 Å². The first kappa shape index (κ1) is 24.2. The number of aromatic nitrogens is 2. The number of pyridine rings is 2. The van der Waals surface area contributed by atoms with Crippen molar-refractivity contribution in [3.63, 3.8) is 0 Å². The number of phenols is 1. The van der Waals surface area contributed by atoms with Crippen LogP contribution in [-0.4, -0.2) is 45.7 Å². The molecule has 2 N–H and O–H groups in total. The van der Waals surface area contributed by atoms with E-state index in [4.69, 9.17) is 4.98 Å². The van der Waals surface area contributed by atoms with Crippen LogP contribution in [0, 0.1) is 20.8 Å². The summed E-state index contributed by atoms with van der Waals surface area (Å²) in [5.74, 6) is 0.130. The summed E-state index contributed by atoms with van der Waals surface area (Å²) in [4.78, 5) is 21.2. The third-order valence-electron chi connectivity index (χ3n) is 7.07. The van der Waals surface area contributed by atoms with E-state index in [1.54, 1.807) is 22.8 Å². The highest BCUT2D eigenvalue weighted by Gasteiger charge is 2.21. The molecule has 0 radical (unpaired) electrons. The van der Waals surface area contributed by atoms with Gasteiger partial charge in [-0.25, -0.2) is 0 Å². The summed E-state index contributed by atoms with van der Waals surface area (Å²) in [5, 5.41) is 14.3. The van der Waals surface area contributed by atoms with Crippen molar-refractivity contribution in [2.75, 3.05) is 20.1 Å². The van der Waals surface area contributed by atoms with Gasteiger partial charge in [0.2, 0.25) is 0 Å². The topological polar surface area (TPSA) is 70.4 Å². The van der Waals surface area contributed by atoms with Crippen LogP contribution in [0.5, 0.6) is 5.75 Å². The molecule has 1 aliphatic rings. The third kappa shape index (κ3) is 4.79. The molecule has 1 aliphatic heterocycles. The number of rotatable bonds is 6. The molecule has 1 saturated heterocycles. The summed E-state index contributed by atoms with van der Waals surface area (Å²) < 4.78 is 1.68. The zero-order valence-electron chi connectivity index (χ0n) is 21.5. The van der Waals surface area contributed by atoms with E-state index in [-0.39, 0.29) is 11.3 Å². The Bertz CT molecular complexity index is 1460. The van der Waals surface area contributed by atoms with E-state index in [0.717, 1.165) is 35.5 Å². The summed E-state index contributed by atoms with van der Waals surface area (Å²) >= 11 is 0. The number of fused-ring (bicyclic) bond motifs is 1. The molecule has 0 bridgehead atoms. The highest BCUT2D eigenvalue weighted by Crippen LogP contribution is 2.31. The van der Waals surface area contributed by atoms with Crippen molar-refractivity contribution in [3.05, 3.63) is 87.5 Å². The van der Waals surface area contributed by atoms with E-state index in [0.29, 0.717) is 29.2 Å². The Labute approximate surface area is 212 Å². The SMILES string of the molecule is Cc1cc(C)cc(-c2cnc3cc(C)n(-c4cccc(O)c4)c(=O)c3c2CN(C)C[C@@H]2CCCN2)c1. The number of aryl methyl sites for hydroxylation is 3. The van der Waals surface area contributed by atoms with Crippen LogP contribution in [0.4, 0.5) is 0 Å². The lowest BCUT2D eigenvalue weighted by Crippen LogP contribution is -2.35. The standard InChI is InChI=1S/C30H34N4O2/c1-19-11-20(2)13-22(12-19)26-16-32-28-14-21(3)34(24-8-5-9-25(35)15-24)30(36)29(28)27(26)18-33(4)17-23-7-6-10-31-23/h5,8-9,11-16,23,31,35H,6-7,10,17-18H2,1-4H3/t23-/m0/s1. The number of hydrogen-bond donors (Lipinski definition) is 2. The average Bonchev–Trinajstić information content (AvgIpc) is 3.31. The molecule has 2 aromatic heterocycles. The van der Waals surface area contributed by atoms with Gasteiger partial charge in [0.05, 0.1) is 16.6 Å². The van der Waals surface area contributed by atoms with Crippen molar-refractivity contribution in [2.45, 2.75) is 46.2 Å². The molecular formula is C30H34N4O2. The van der Waals surface area contributed by atoms with E-state index in [1.807, 2.05) is 25.3 Å². The minimum atomic E-state index is -0.114. The number of hydrogen-bond acceptors (Lipinski definition) is 5. The van der Waals surface area contributed by atoms with Crippen molar-refractivity contribution >= 4 is 10.9 Å². The molecule has 2 aromatic carbocycles. The molecule has 0 unspecified atom stereocenters. The molecule has 1 fully saturated rings. The molecule has 0 aliphatic carbocycles. The Morgan fingerprint density at radius 1 is 1.11 bits per heavy atom. The Morgan fingerprint density at radius 3 is 2.58 bits per heavy atom. The van der Waals surface area contributed by atoms with Crippen LogP contribution >= 0.6 is 0 Å². The second-order valence-corrected chi connectivity index (χ2v) is 10.2. The fourth-order valence-electron chi connectivity index (χ4n) is 5.57. The summed E-state index contributed by atoms with van der Waals surface area (Å²) in [6.07, 6.45) is 4.30. The number of nitrogens with one attached hydrogen (secondary N) is 1. The zero-order chi connectivity index (χ0) is 25.4. The monoisotopic (exact) mass is 482 g/mol. The van der Waals surface area contributed by atoms with Gasteiger partial charge in [-0.2, -0.15) is 0 Å². The number of likely N-dealkylation sites (N-methyl/N-ethyl adjacent to an activating group) is 1. The highest BCUT2D eigenvalue weighted by atomic mass is 16.3. The molecule has 1 atom stereocenters. The first-order valence-corrected chi connectivity index (χ1v) is 12.6. The van der Waals surface area contributed by atoms with Crippen LogP contribution < -0.4 is 10.9 Å². The Kier molecular flexibility index (Phi) is 6.65. The minimum Gasteiger partial charge on any atom is -0.508 e. The van der Waals surface area contributed by atoms with Gasteiger partial charge >= 0.3 is 0 Å². The van der Waals surface area contributed by atoms with E-state index < -0.39 is 0 Å². The molecule has 6 heteroatoms. The van der Waals surface area contributed by atoms with Crippen molar-refractivity contribution in [1.82, 2.24) is 19.8 Å². The fourth-order valence-corrected chi connectivity index (χ4v) is 5.57. The predicted molar refractivity (Wildman–Crippen MR) is 146 cm³/mol. The molecule has 36 heavy (non-hydrogen) atoms. The Morgan fingerprint density at radius 2 is 1.89 bits per heavy atom. The molecule has 0 amide bonds. The van der Waals surface area contributed by atoms with Gasteiger partial charge in [-0.1, -0.05) is 35.4 Å². The smallest absolute Gasteiger partial charge is 0.265 e. The molecule has 4 aromatic rings. The largest absolute Gasteiger partial charge is 0.508 e. The predicted octanol–water partition coefficient (Wildman–Crippen LogP) is 4.87. The van der Waals surface area contributed by atoms with E-state index >= 15 is 0 Å². The molecular weight excluding hydrogens is 448 g/mol. The van der Waals surface area contributed by atoms with E-state index in [2.05, 4.69) is 49.3 Å². The second-order valence-electron chi connectivity index (χ2n) is 10.2. The quantitative estimate of drug-likeness (QED) is 0.410. The zero-order valence-corrected chi connectivity index (χ0v) is 21.5. The lowest BCUT2D eigenvalue weighted by atomic mass is 9.95. The first-order chi connectivity index (χ1) is 17.3. The van der Waals surface area contributed by atoms with Gasteiger partial charge in [-0.05, 0) is 76.5 Å². The van der Waals surface area contributed by atoms with Gasteiger partial charge in [-0.15, -0.1) is 0 Å².